The van der Waals surface area contributed by atoms with Crippen molar-refractivity contribution in [3.8, 4) is 0 Å². The normalized spacial score (nSPS) is 21.0. The Morgan fingerprint density at radius 1 is 1.18 bits per heavy atom. The number of ketones is 1. The zero-order valence-corrected chi connectivity index (χ0v) is 16.3. The van der Waals surface area contributed by atoms with E-state index in [1.165, 1.54) is 18.2 Å². The predicted molar refractivity (Wildman–Crippen MR) is 106 cm³/mol. The Balaban J connectivity index is 1.63. The number of carbonyl (C=O) groups is 2. The molecule has 146 valence electrons. The van der Waals surface area contributed by atoms with Crippen LogP contribution in [0.25, 0.3) is 0 Å². The van der Waals surface area contributed by atoms with Gasteiger partial charge in [0.1, 0.15) is 5.82 Å². The number of hydrogen-bond acceptors (Lipinski definition) is 4. The van der Waals surface area contributed by atoms with Crippen LogP contribution >= 0.6 is 23.2 Å². The summed E-state index contributed by atoms with van der Waals surface area (Å²) in [4.78, 5) is 27.1. The molecule has 1 unspecified atom stereocenters. The summed E-state index contributed by atoms with van der Waals surface area (Å²) in [5.41, 5.74) is -1.39. The highest BCUT2D eigenvalue weighted by atomic mass is 35.5. The molecular weight excluding hydrogens is 406 g/mol. The van der Waals surface area contributed by atoms with Gasteiger partial charge in [0.05, 0.1) is 22.8 Å². The van der Waals surface area contributed by atoms with Gasteiger partial charge in [0, 0.05) is 29.2 Å². The number of rotatable bonds is 4. The number of nitrogens with zero attached hydrogens (tertiary/aromatic N) is 1. The molecule has 8 heteroatoms. The number of halogens is 3. The summed E-state index contributed by atoms with van der Waals surface area (Å²) in [5, 5.41) is 13.8. The van der Waals surface area contributed by atoms with E-state index >= 15 is 0 Å². The molecule has 0 aliphatic carbocycles. The maximum Gasteiger partial charge on any atom is 0.261 e. The van der Waals surface area contributed by atoms with Crippen molar-refractivity contribution in [1.82, 2.24) is 0 Å². The van der Waals surface area contributed by atoms with Crippen molar-refractivity contribution >= 4 is 46.3 Å². The Morgan fingerprint density at radius 3 is 2.54 bits per heavy atom. The summed E-state index contributed by atoms with van der Waals surface area (Å²) in [6, 6.07) is 7.15. The lowest BCUT2D eigenvalue weighted by atomic mass is 9.88. The highest BCUT2D eigenvalue weighted by molar-refractivity contribution is 6.38. The molecule has 1 amide bonds. The molecule has 2 aromatic carbocycles. The molecular formula is C20H17Cl2FN2O3. The monoisotopic (exact) mass is 422 g/mol. The Labute approximate surface area is 171 Å². The topological polar surface area (TPSA) is 69.6 Å². The molecule has 2 N–H and O–H groups in total. The van der Waals surface area contributed by atoms with E-state index in [2.05, 4.69) is 5.32 Å². The van der Waals surface area contributed by atoms with Crippen molar-refractivity contribution in [2.75, 3.05) is 23.3 Å². The summed E-state index contributed by atoms with van der Waals surface area (Å²) in [7, 11) is 0. The third-order valence-corrected chi connectivity index (χ3v) is 5.89. The Bertz CT molecular complexity index is 992. The molecule has 0 bridgehead atoms. The van der Waals surface area contributed by atoms with Crippen molar-refractivity contribution in [1.29, 1.82) is 0 Å². The van der Waals surface area contributed by atoms with Crippen molar-refractivity contribution in [2.24, 2.45) is 0 Å². The van der Waals surface area contributed by atoms with Crippen LogP contribution in [-0.2, 0) is 10.4 Å². The zero-order valence-electron chi connectivity index (χ0n) is 14.8. The van der Waals surface area contributed by atoms with Gasteiger partial charge in [-0.15, -0.1) is 0 Å². The molecule has 28 heavy (non-hydrogen) atoms. The third kappa shape index (κ3) is 3.05. The van der Waals surface area contributed by atoms with Gasteiger partial charge in [-0.3, -0.25) is 9.59 Å². The first-order chi connectivity index (χ1) is 13.3. The Morgan fingerprint density at radius 2 is 1.86 bits per heavy atom. The molecule has 2 aliphatic rings. The number of fused-ring (bicyclic) bond motifs is 1. The average molecular weight is 423 g/mol. The summed E-state index contributed by atoms with van der Waals surface area (Å²) in [5.74, 6) is -1.87. The van der Waals surface area contributed by atoms with Gasteiger partial charge in [-0.05, 0) is 43.2 Å². The number of hydrogen-bond donors (Lipinski definition) is 2. The first kappa shape index (κ1) is 19.2. The lowest BCUT2D eigenvalue weighted by Gasteiger charge is -2.22. The van der Waals surface area contributed by atoms with Gasteiger partial charge in [0.2, 0.25) is 0 Å². The van der Waals surface area contributed by atoms with Crippen LogP contribution < -0.4 is 10.2 Å². The maximum atomic E-state index is 14.5. The minimum Gasteiger partial charge on any atom is -0.375 e. The highest BCUT2D eigenvalue weighted by Crippen LogP contribution is 2.46. The van der Waals surface area contributed by atoms with Crippen LogP contribution in [0.1, 0.15) is 35.2 Å². The first-order valence-corrected chi connectivity index (χ1v) is 9.67. The number of nitrogens with one attached hydrogen (secondary N) is 1. The lowest BCUT2D eigenvalue weighted by Crippen LogP contribution is -2.36. The van der Waals surface area contributed by atoms with Gasteiger partial charge >= 0.3 is 0 Å². The minimum absolute atomic E-state index is 0.0641. The number of carbonyl (C=O) groups excluding carboxylic acids is 2. The lowest BCUT2D eigenvalue weighted by molar-refractivity contribution is -0.133. The second kappa shape index (κ2) is 7.03. The fourth-order valence-corrected chi connectivity index (χ4v) is 4.33. The average Bonchev–Trinajstić information content (AvgIpc) is 3.26. The van der Waals surface area contributed by atoms with Crippen LogP contribution in [0.5, 0.6) is 0 Å². The van der Waals surface area contributed by atoms with Crippen LogP contribution in [0.2, 0.25) is 10.0 Å². The van der Waals surface area contributed by atoms with Gasteiger partial charge in [-0.25, -0.2) is 4.39 Å². The number of Topliss-reactive ketones (excluding diaryl/α,β-unsaturated/α-hetero) is 1. The molecule has 0 spiro atoms. The molecule has 2 aromatic rings. The van der Waals surface area contributed by atoms with Crippen LogP contribution in [0, 0.1) is 5.82 Å². The molecule has 1 fully saturated rings. The van der Waals surface area contributed by atoms with E-state index in [1.807, 2.05) is 4.90 Å². The van der Waals surface area contributed by atoms with Gasteiger partial charge in [-0.1, -0.05) is 23.2 Å². The van der Waals surface area contributed by atoms with Gasteiger partial charge in [0.25, 0.3) is 5.91 Å². The van der Waals surface area contributed by atoms with E-state index < -0.39 is 29.5 Å². The molecule has 1 saturated heterocycles. The molecule has 2 heterocycles. The molecule has 0 saturated carbocycles. The predicted octanol–water partition coefficient (Wildman–Crippen LogP) is 4.15. The van der Waals surface area contributed by atoms with Crippen molar-refractivity contribution < 1.29 is 19.1 Å². The van der Waals surface area contributed by atoms with E-state index in [1.54, 1.807) is 6.07 Å². The van der Waals surface area contributed by atoms with Crippen molar-refractivity contribution in [2.45, 2.75) is 24.9 Å². The van der Waals surface area contributed by atoms with Gasteiger partial charge in [-0.2, -0.15) is 0 Å². The van der Waals surface area contributed by atoms with Crippen molar-refractivity contribution in [3.05, 3.63) is 57.3 Å². The summed E-state index contributed by atoms with van der Waals surface area (Å²) in [6.45, 7) is 1.56. The number of benzene rings is 2. The second-order valence-corrected chi connectivity index (χ2v) is 7.87. The number of amides is 1. The molecule has 1 atom stereocenters. The van der Waals surface area contributed by atoms with Gasteiger partial charge < -0.3 is 15.3 Å². The van der Waals surface area contributed by atoms with Gasteiger partial charge in [0.15, 0.2) is 11.4 Å². The molecule has 4 rings (SSSR count). The first-order valence-electron chi connectivity index (χ1n) is 8.91. The smallest absolute Gasteiger partial charge is 0.261 e. The fraction of sp³-hybridized carbons (Fsp3) is 0.300. The van der Waals surface area contributed by atoms with Crippen LogP contribution in [0.15, 0.2) is 30.3 Å². The molecule has 0 aromatic heterocycles. The van der Waals surface area contributed by atoms with E-state index in [0.29, 0.717) is 5.69 Å². The van der Waals surface area contributed by atoms with E-state index in [9.17, 15) is 19.1 Å². The summed E-state index contributed by atoms with van der Waals surface area (Å²) in [6.07, 6.45) is 1.43. The summed E-state index contributed by atoms with van der Waals surface area (Å²) >= 11 is 12.2. The zero-order chi connectivity index (χ0) is 20.1. The summed E-state index contributed by atoms with van der Waals surface area (Å²) < 4.78 is 14.5. The fourth-order valence-electron chi connectivity index (χ4n) is 3.81. The quantitative estimate of drug-likeness (QED) is 0.726. The van der Waals surface area contributed by atoms with E-state index in [-0.39, 0.29) is 26.9 Å². The third-order valence-electron chi connectivity index (χ3n) is 5.26. The van der Waals surface area contributed by atoms with Crippen LogP contribution in [0.4, 0.5) is 15.8 Å². The minimum atomic E-state index is -2.17. The van der Waals surface area contributed by atoms with E-state index in [4.69, 9.17) is 23.2 Å². The molecule has 2 aliphatic heterocycles. The largest absolute Gasteiger partial charge is 0.375 e. The Kier molecular flexibility index (Phi) is 4.81. The SMILES string of the molecule is O=C(CC1(O)C(=O)Nc2c(Cl)ccc(Cl)c21)c1ccc(N2CCCC2)c(F)c1. The van der Waals surface area contributed by atoms with Crippen LogP contribution in [-0.4, -0.2) is 29.9 Å². The standard InChI is InChI=1S/C20H17Cl2FN2O3/c21-12-4-5-13(22)18-17(12)20(28,19(27)24-18)10-16(26)11-3-6-15(14(23)9-11)25-7-1-2-8-25/h3-6,9,28H,1-2,7-8,10H2,(H,24,27). The molecule has 0 radical (unpaired) electrons. The molecule has 5 nitrogen and oxygen atoms in total. The number of aliphatic hydroxyl groups is 1. The Hall–Kier alpha value is -2.15. The van der Waals surface area contributed by atoms with E-state index in [0.717, 1.165) is 32.0 Å². The number of anilines is 2. The van der Waals surface area contributed by atoms with Crippen LogP contribution in [0.3, 0.4) is 0 Å². The van der Waals surface area contributed by atoms with Crippen molar-refractivity contribution in [3.63, 3.8) is 0 Å². The highest BCUT2D eigenvalue weighted by Gasteiger charge is 2.49. The maximum absolute atomic E-state index is 14.5. The second-order valence-electron chi connectivity index (χ2n) is 7.05.